The van der Waals surface area contributed by atoms with Crippen LogP contribution in [0.4, 0.5) is 0 Å². The number of rotatable bonds is 6. The molecule has 3 aromatic carbocycles. The minimum Gasteiger partial charge on any atom is -0.208 e. The van der Waals surface area contributed by atoms with E-state index in [-0.39, 0.29) is 5.41 Å². The highest BCUT2D eigenvalue weighted by molar-refractivity contribution is 5.84. The Bertz CT molecular complexity index is 1860. The van der Waals surface area contributed by atoms with Crippen LogP contribution in [0.2, 0.25) is 0 Å². The largest absolute Gasteiger partial charge is 0.208 e. The molecule has 0 bridgehead atoms. The molecular weight excluding hydrogens is 534 g/mol. The molecular formula is C41H37N3. The summed E-state index contributed by atoms with van der Waals surface area (Å²) in [7, 11) is 0. The lowest BCUT2D eigenvalue weighted by Crippen LogP contribution is -2.18. The smallest absolute Gasteiger partial charge is 0.164 e. The third-order valence-electron chi connectivity index (χ3n) is 8.98. The van der Waals surface area contributed by atoms with Crippen molar-refractivity contribution in [2.75, 3.05) is 0 Å². The molecule has 1 heterocycles. The molecule has 0 radical (unpaired) electrons. The number of nitrogens with zero attached hydrogens (tertiary/aromatic N) is 3. The minimum absolute atomic E-state index is 0.162. The van der Waals surface area contributed by atoms with Crippen molar-refractivity contribution < 1.29 is 0 Å². The summed E-state index contributed by atoms with van der Waals surface area (Å²) < 4.78 is 0. The van der Waals surface area contributed by atoms with E-state index in [9.17, 15) is 0 Å². The Balaban J connectivity index is 1.18. The summed E-state index contributed by atoms with van der Waals surface area (Å²) in [5, 5.41) is 0. The first-order valence-electron chi connectivity index (χ1n) is 15.7. The van der Waals surface area contributed by atoms with E-state index in [1.54, 1.807) is 0 Å². The van der Waals surface area contributed by atoms with Crippen LogP contribution in [0.1, 0.15) is 68.5 Å². The molecule has 4 aromatic rings. The zero-order chi connectivity index (χ0) is 29.9. The number of benzene rings is 3. The summed E-state index contributed by atoms with van der Waals surface area (Å²) in [4.78, 5) is 14.7. The monoisotopic (exact) mass is 571 g/mol. The lowest BCUT2D eigenvalue weighted by Gasteiger charge is -2.27. The predicted octanol–water partition coefficient (Wildman–Crippen LogP) is 10.3. The van der Waals surface area contributed by atoms with Crippen LogP contribution in [0.15, 0.2) is 139 Å². The molecule has 0 fully saturated rings. The van der Waals surface area contributed by atoms with Gasteiger partial charge in [0.25, 0.3) is 0 Å². The van der Waals surface area contributed by atoms with Gasteiger partial charge in [0.15, 0.2) is 17.5 Å². The van der Waals surface area contributed by atoms with Gasteiger partial charge in [-0.3, -0.25) is 0 Å². The Hall–Kier alpha value is -4.89. The second-order valence-electron chi connectivity index (χ2n) is 12.2. The summed E-state index contributed by atoms with van der Waals surface area (Å²) in [5.74, 6) is 2.11. The average molecular weight is 572 g/mol. The van der Waals surface area contributed by atoms with E-state index < -0.39 is 0 Å². The van der Waals surface area contributed by atoms with Crippen LogP contribution in [0, 0.1) is 0 Å². The van der Waals surface area contributed by atoms with Crippen LogP contribution in [-0.2, 0) is 5.41 Å². The van der Waals surface area contributed by atoms with Gasteiger partial charge in [-0.05, 0) is 65.5 Å². The Morgan fingerprint density at radius 1 is 0.545 bits per heavy atom. The molecule has 3 nitrogen and oxygen atoms in total. The Morgan fingerprint density at radius 2 is 1.18 bits per heavy atom. The Kier molecular flexibility index (Phi) is 7.62. The third-order valence-corrected chi connectivity index (χ3v) is 8.98. The van der Waals surface area contributed by atoms with Gasteiger partial charge in [-0.15, -0.1) is 0 Å². The molecule has 44 heavy (non-hydrogen) atoms. The molecule has 0 unspecified atom stereocenters. The Morgan fingerprint density at radius 3 is 1.86 bits per heavy atom. The van der Waals surface area contributed by atoms with Crippen molar-refractivity contribution in [3.63, 3.8) is 0 Å². The van der Waals surface area contributed by atoms with E-state index in [0.29, 0.717) is 11.6 Å². The standard InChI is InChI=1S/C41H37N3/c1-41(2,34-25-21-30(22-26-34)37-20-12-18-29-13-6-5-11-19-36(29)37)35-27-23-33(24-28-35)40-43-38(31-14-7-3-8-15-31)42-39(44-40)32-16-9-4-10-17-32/h3,6-9,11,13-17,19-28H,4-5,10,12,18H2,1-2H3. The molecule has 3 aliphatic rings. The highest BCUT2D eigenvalue weighted by atomic mass is 15.0. The normalized spacial score (nSPS) is 16.3. The van der Waals surface area contributed by atoms with Crippen LogP contribution in [0.5, 0.6) is 0 Å². The van der Waals surface area contributed by atoms with E-state index in [0.717, 1.165) is 54.6 Å². The lowest BCUT2D eigenvalue weighted by molar-refractivity contribution is 0.641. The molecule has 0 atom stereocenters. The molecule has 0 spiro atoms. The van der Waals surface area contributed by atoms with Crippen LogP contribution in [0.25, 0.3) is 33.9 Å². The van der Waals surface area contributed by atoms with Crippen molar-refractivity contribution >= 4 is 11.1 Å². The van der Waals surface area contributed by atoms with Gasteiger partial charge in [0, 0.05) is 22.1 Å². The molecule has 7 rings (SSSR count). The SMILES string of the molecule is CC(C)(c1ccc(C2=CCCC3=C2C=CCC=C3)cc1)c1ccc(-c2nc(C3=CCCC=C3)nc(-c3ccccc3)n2)cc1. The topological polar surface area (TPSA) is 38.7 Å². The molecule has 0 saturated carbocycles. The molecule has 216 valence electrons. The van der Waals surface area contributed by atoms with Crippen LogP contribution < -0.4 is 0 Å². The summed E-state index contributed by atoms with van der Waals surface area (Å²) in [5.41, 5.74) is 10.9. The summed E-state index contributed by atoms with van der Waals surface area (Å²) in [6.07, 6.45) is 23.4. The van der Waals surface area contributed by atoms with E-state index in [2.05, 4.69) is 123 Å². The fourth-order valence-corrected chi connectivity index (χ4v) is 6.31. The highest BCUT2D eigenvalue weighted by Gasteiger charge is 2.24. The average Bonchev–Trinajstić information content (AvgIpc) is 3.35. The molecule has 0 saturated heterocycles. The fourth-order valence-electron chi connectivity index (χ4n) is 6.31. The molecule has 1 aromatic heterocycles. The molecule has 0 aliphatic heterocycles. The van der Waals surface area contributed by atoms with Crippen LogP contribution >= 0.6 is 0 Å². The zero-order valence-electron chi connectivity index (χ0n) is 25.5. The minimum atomic E-state index is -0.162. The predicted molar refractivity (Wildman–Crippen MR) is 183 cm³/mol. The third kappa shape index (κ3) is 5.58. The van der Waals surface area contributed by atoms with Gasteiger partial charge in [0.05, 0.1) is 0 Å². The molecule has 3 aliphatic carbocycles. The van der Waals surface area contributed by atoms with Crippen molar-refractivity contribution in [3.05, 3.63) is 161 Å². The first kappa shape index (κ1) is 27.9. The van der Waals surface area contributed by atoms with Crippen molar-refractivity contribution in [1.29, 1.82) is 0 Å². The molecule has 3 heteroatoms. The van der Waals surface area contributed by atoms with E-state index in [4.69, 9.17) is 15.0 Å². The Labute approximate surface area is 260 Å². The number of hydrogen-bond donors (Lipinski definition) is 0. The lowest BCUT2D eigenvalue weighted by atomic mass is 9.77. The maximum absolute atomic E-state index is 4.93. The van der Waals surface area contributed by atoms with Gasteiger partial charge in [-0.1, -0.05) is 141 Å². The van der Waals surface area contributed by atoms with Crippen molar-refractivity contribution in [1.82, 2.24) is 15.0 Å². The molecule has 0 amide bonds. The van der Waals surface area contributed by atoms with Gasteiger partial charge in [0.1, 0.15) is 0 Å². The van der Waals surface area contributed by atoms with E-state index in [1.165, 1.54) is 33.4 Å². The zero-order valence-corrected chi connectivity index (χ0v) is 25.5. The maximum Gasteiger partial charge on any atom is 0.164 e. The number of allylic oxidation sites excluding steroid dienone is 12. The second kappa shape index (κ2) is 12.0. The van der Waals surface area contributed by atoms with Crippen molar-refractivity contribution in [2.45, 2.75) is 51.4 Å². The highest BCUT2D eigenvalue weighted by Crippen LogP contribution is 2.38. The van der Waals surface area contributed by atoms with Crippen molar-refractivity contribution in [3.8, 4) is 22.8 Å². The molecule has 0 N–H and O–H groups in total. The van der Waals surface area contributed by atoms with Crippen molar-refractivity contribution in [2.24, 2.45) is 0 Å². The summed E-state index contributed by atoms with van der Waals surface area (Å²) in [6, 6.07) is 28.1. The van der Waals surface area contributed by atoms with Gasteiger partial charge < -0.3 is 0 Å². The van der Waals surface area contributed by atoms with E-state index >= 15 is 0 Å². The van der Waals surface area contributed by atoms with Gasteiger partial charge in [-0.2, -0.15) is 0 Å². The van der Waals surface area contributed by atoms with Crippen LogP contribution in [-0.4, -0.2) is 15.0 Å². The summed E-state index contributed by atoms with van der Waals surface area (Å²) >= 11 is 0. The fraction of sp³-hybridized carbons (Fsp3) is 0.195. The second-order valence-corrected chi connectivity index (χ2v) is 12.2. The maximum atomic E-state index is 4.93. The van der Waals surface area contributed by atoms with Gasteiger partial charge >= 0.3 is 0 Å². The van der Waals surface area contributed by atoms with Gasteiger partial charge in [-0.25, -0.2) is 15.0 Å². The number of aromatic nitrogens is 3. The van der Waals surface area contributed by atoms with Gasteiger partial charge in [0.2, 0.25) is 0 Å². The van der Waals surface area contributed by atoms with Crippen LogP contribution in [0.3, 0.4) is 0 Å². The first-order valence-corrected chi connectivity index (χ1v) is 15.7. The first-order chi connectivity index (χ1) is 21.6. The van der Waals surface area contributed by atoms with E-state index in [1.807, 2.05) is 18.2 Å². The quantitative estimate of drug-likeness (QED) is 0.231. The summed E-state index contributed by atoms with van der Waals surface area (Å²) in [6.45, 7) is 4.60. The number of hydrogen-bond acceptors (Lipinski definition) is 3.